The first-order valence-corrected chi connectivity index (χ1v) is 10.0. The van der Waals surface area contributed by atoms with Crippen LogP contribution in [0.15, 0.2) is 0 Å². The van der Waals surface area contributed by atoms with E-state index in [1.54, 1.807) is 0 Å². The van der Waals surface area contributed by atoms with E-state index in [0.717, 1.165) is 6.42 Å². The summed E-state index contributed by atoms with van der Waals surface area (Å²) in [4.78, 5) is 0. The van der Waals surface area contributed by atoms with Gasteiger partial charge in [-0.1, -0.05) is 52.4 Å². The molecule has 0 aliphatic heterocycles. The molecular weight excluding hydrogens is 270 g/mol. The van der Waals surface area contributed by atoms with Crippen LogP contribution >= 0.6 is 23.5 Å². The van der Waals surface area contributed by atoms with Crippen LogP contribution in [0.4, 0.5) is 0 Å². The van der Waals surface area contributed by atoms with E-state index in [9.17, 15) is 0 Å². The molecule has 0 saturated heterocycles. The average Bonchev–Trinajstić information content (AvgIpc) is 2.43. The van der Waals surface area contributed by atoms with Gasteiger partial charge >= 0.3 is 0 Å². The van der Waals surface area contributed by atoms with Crippen molar-refractivity contribution in [2.75, 3.05) is 11.5 Å². The van der Waals surface area contributed by atoms with Crippen LogP contribution in [0.2, 0.25) is 0 Å². The lowest BCUT2D eigenvalue weighted by atomic mass is 10.2. The van der Waals surface area contributed by atoms with Crippen LogP contribution in [0.3, 0.4) is 0 Å². The van der Waals surface area contributed by atoms with Crippen LogP contribution in [0.5, 0.6) is 0 Å². The molecule has 0 aromatic rings. The van der Waals surface area contributed by atoms with Crippen molar-refractivity contribution < 1.29 is 0 Å². The maximum Gasteiger partial charge on any atom is 0.0622 e. The number of hydrogen-bond acceptors (Lipinski definition) is 3. The van der Waals surface area contributed by atoms with Gasteiger partial charge in [-0.25, -0.2) is 0 Å². The minimum absolute atomic E-state index is 0.655. The van der Waals surface area contributed by atoms with E-state index in [2.05, 4.69) is 43.4 Å². The van der Waals surface area contributed by atoms with Crippen molar-refractivity contribution in [2.24, 2.45) is 0 Å². The molecule has 0 amide bonds. The third kappa shape index (κ3) is 14.4. The van der Waals surface area contributed by atoms with Gasteiger partial charge in [0.2, 0.25) is 0 Å². The molecule has 0 aromatic heterocycles. The highest BCUT2D eigenvalue weighted by atomic mass is 32.2. The molecule has 0 aliphatic rings. The maximum absolute atomic E-state index is 8.73. The molecule has 0 N–H and O–H groups in total. The van der Waals surface area contributed by atoms with Crippen LogP contribution < -0.4 is 0 Å². The summed E-state index contributed by atoms with van der Waals surface area (Å²) in [6.07, 6.45) is 12.6. The summed E-state index contributed by atoms with van der Waals surface area (Å²) in [6, 6.07) is 2.29. The predicted molar refractivity (Wildman–Crippen MR) is 91.8 cm³/mol. The van der Waals surface area contributed by atoms with Crippen LogP contribution in [0.25, 0.3) is 0 Å². The molecule has 0 heterocycles. The molecule has 3 heteroatoms. The van der Waals surface area contributed by atoms with Crippen LogP contribution in [-0.4, -0.2) is 16.1 Å². The summed E-state index contributed by atoms with van der Waals surface area (Å²) in [5, 5.41) is 8.73. The Morgan fingerprint density at radius 1 is 0.842 bits per heavy atom. The van der Waals surface area contributed by atoms with Crippen molar-refractivity contribution in [1.82, 2.24) is 0 Å². The molecule has 1 nitrogen and oxygen atoms in total. The second-order valence-corrected chi connectivity index (χ2v) is 7.91. The number of hydrogen-bond donors (Lipinski definition) is 0. The third-order valence-corrected chi connectivity index (χ3v) is 6.18. The molecular formula is C16H31NS2. The minimum atomic E-state index is 0.655. The summed E-state index contributed by atoms with van der Waals surface area (Å²) in [5.41, 5.74) is 0. The Morgan fingerprint density at radius 2 is 1.37 bits per heavy atom. The Labute approximate surface area is 129 Å². The van der Waals surface area contributed by atoms with Crippen LogP contribution in [0, 0.1) is 11.3 Å². The Morgan fingerprint density at radius 3 is 1.79 bits per heavy atom. The monoisotopic (exact) mass is 301 g/mol. The summed E-state index contributed by atoms with van der Waals surface area (Å²) >= 11 is 4.18. The molecule has 0 rings (SSSR count). The van der Waals surface area contributed by atoms with Crippen molar-refractivity contribution in [3.63, 3.8) is 0 Å². The van der Waals surface area contributed by atoms with Crippen molar-refractivity contribution in [1.29, 1.82) is 5.26 Å². The highest BCUT2D eigenvalue weighted by Gasteiger charge is 2.09. The quantitative estimate of drug-likeness (QED) is 0.280. The number of nitrogens with zero attached hydrogens (tertiary/aromatic N) is 1. The van der Waals surface area contributed by atoms with E-state index >= 15 is 0 Å². The normalized spacial score (nSPS) is 10.8. The summed E-state index contributed by atoms with van der Waals surface area (Å²) in [6.45, 7) is 4.52. The fourth-order valence-corrected chi connectivity index (χ4v) is 4.68. The summed E-state index contributed by atoms with van der Waals surface area (Å²) in [5.74, 6) is 2.55. The van der Waals surface area contributed by atoms with Gasteiger partial charge in [-0.3, -0.25) is 0 Å². The average molecular weight is 302 g/mol. The highest BCUT2D eigenvalue weighted by molar-refractivity contribution is 8.17. The van der Waals surface area contributed by atoms with E-state index in [0.29, 0.717) is 11.0 Å². The molecule has 0 spiro atoms. The van der Waals surface area contributed by atoms with Crippen LogP contribution in [-0.2, 0) is 0 Å². The van der Waals surface area contributed by atoms with Gasteiger partial charge in [-0.2, -0.15) is 5.26 Å². The van der Waals surface area contributed by atoms with Gasteiger partial charge in [-0.15, -0.1) is 23.5 Å². The largest absolute Gasteiger partial charge is 0.198 e. The lowest BCUT2D eigenvalue weighted by Gasteiger charge is -2.14. The first-order valence-electron chi connectivity index (χ1n) is 7.95. The van der Waals surface area contributed by atoms with Gasteiger partial charge in [0.15, 0.2) is 0 Å². The summed E-state index contributed by atoms with van der Waals surface area (Å²) in [7, 11) is 0. The third-order valence-electron chi connectivity index (χ3n) is 3.10. The van der Waals surface area contributed by atoms with Gasteiger partial charge in [0.25, 0.3) is 0 Å². The molecule has 0 radical (unpaired) electrons. The molecule has 0 aromatic carbocycles. The SMILES string of the molecule is CCCCCCSC(CCC#N)SCCCCCC. The molecule has 0 aliphatic carbocycles. The molecule has 0 unspecified atom stereocenters. The zero-order chi connectivity index (χ0) is 14.2. The topological polar surface area (TPSA) is 23.8 Å². The smallest absolute Gasteiger partial charge is 0.0622 e. The van der Waals surface area contributed by atoms with Gasteiger partial charge < -0.3 is 0 Å². The maximum atomic E-state index is 8.73. The van der Waals surface area contributed by atoms with Gasteiger partial charge in [0.05, 0.1) is 10.7 Å². The lowest BCUT2D eigenvalue weighted by Crippen LogP contribution is -2.00. The van der Waals surface area contributed by atoms with Crippen molar-refractivity contribution in [3.8, 4) is 6.07 Å². The molecule has 0 bridgehead atoms. The van der Waals surface area contributed by atoms with Crippen molar-refractivity contribution in [2.45, 2.75) is 82.6 Å². The zero-order valence-electron chi connectivity index (χ0n) is 12.8. The number of unbranched alkanes of at least 4 members (excludes halogenated alkanes) is 6. The Kier molecular flexibility index (Phi) is 16.4. The Bertz CT molecular complexity index is 199. The van der Waals surface area contributed by atoms with Gasteiger partial charge in [0.1, 0.15) is 0 Å². The first-order chi connectivity index (χ1) is 9.35. The summed E-state index contributed by atoms with van der Waals surface area (Å²) < 4.78 is 0.655. The second-order valence-electron chi connectivity index (χ2n) is 4.99. The standard InChI is InChI=1S/C16H31NS2/c1-3-5-7-9-14-18-16(12-11-13-17)19-15-10-8-6-4-2/h16H,3-12,14-15H2,1-2H3. The van der Waals surface area contributed by atoms with Gasteiger partial charge in [-0.05, 0) is 30.8 Å². The predicted octanol–water partition coefficient (Wildman–Crippen LogP) is 6.24. The molecule has 19 heavy (non-hydrogen) atoms. The Balaban J connectivity index is 3.60. The molecule has 0 atom stereocenters. The van der Waals surface area contributed by atoms with Crippen LogP contribution in [0.1, 0.15) is 78.1 Å². The first kappa shape index (κ1) is 19.2. The molecule has 0 fully saturated rings. The fourth-order valence-electron chi connectivity index (χ4n) is 1.88. The van der Waals surface area contributed by atoms with Crippen molar-refractivity contribution in [3.05, 3.63) is 0 Å². The minimum Gasteiger partial charge on any atom is -0.198 e. The van der Waals surface area contributed by atoms with E-state index in [1.807, 2.05) is 0 Å². The van der Waals surface area contributed by atoms with Crippen molar-refractivity contribution >= 4 is 23.5 Å². The number of nitriles is 1. The zero-order valence-corrected chi connectivity index (χ0v) is 14.5. The van der Waals surface area contributed by atoms with E-state index in [4.69, 9.17) is 5.26 Å². The van der Waals surface area contributed by atoms with E-state index < -0.39 is 0 Å². The molecule has 0 saturated carbocycles. The number of rotatable bonds is 14. The number of thioether (sulfide) groups is 2. The Hall–Kier alpha value is 0.190. The van der Waals surface area contributed by atoms with E-state index in [-0.39, 0.29) is 0 Å². The highest BCUT2D eigenvalue weighted by Crippen LogP contribution is 2.29. The lowest BCUT2D eigenvalue weighted by molar-refractivity contribution is 0.705. The fraction of sp³-hybridized carbons (Fsp3) is 0.938. The molecule has 112 valence electrons. The second kappa shape index (κ2) is 16.2. The van der Waals surface area contributed by atoms with E-state index in [1.165, 1.54) is 62.9 Å². The van der Waals surface area contributed by atoms with Gasteiger partial charge in [0, 0.05) is 6.42 Å².